The Morgan fingerprint density at radius 3 is 2.71 bits per heavy atom. The number of carboxylic acid groups (broad SMARTS) is 1. The monoisotopic (exact) mass is 277 g/mol. The molecule has 0 saturated heterocycles. The van der Waals surface area contributed by atoms with E-state index in [-0.39, 0.29) is 17.2 Å². The number of benzene rings is 1. The molecule has 17 heavy (non-hydrogen) atoms. The molecule has 0 amide bonds. The molecule has 1 aromatic rings. The lowest BCUT2D eigenvalue weighted by Crippen LogP contribution is -2.15. The van der Waals surface area contributed by atoms with Crippen LogP contribution in [0.3, 0.4) is 0 Å². The number of phenolic OH excluding ortho intramolecular Hbond substituents is 1. The van der Waals surface area contributed by atoms with Gasteiger partial charge < -0.3 is 15.5 Å². The third-order valence-corrected chi connectivity index (χ3v) is 2.67. The van der Waals surface area contributed by atoms with Gasteiger partial charge in [-0.2, -0.15) is 0 Å². The van der Waals surface area contributed by atoms with Gasteiger partial charge in [0.15, 0.2) is 0 Å². The molecule has 0 aliphatic carbocycles. The van der Waals surface area contributed by atoms with Crippen molar-refractivity contribution in [2.45, 2.75) is 19.4 Å². The molecule has 1 rings (SSSR count). The van der Waals surface area contributed by atoms with Crippen LogP contribution in [-0.2, 0) is 11.3 Å². The molecule has 0 fully saturated rings. The molecule has 0 aliphatic heterocycles. The van der Waals surface area contributed by atoms with E-state index in [1.807, 2.05) is 0 Å². The normalized spacial score (nSPS) is 10.5. The van der Waals surface area contributed by atoms with Crippen molar-refractivity contribution in [2.24, 2.45) is 0 Å². The Morgan fingerprint density at radius 1 is 1.35 bits per heavy atom. The first-order valence-corrected chi connectivity index (χ1v) is 5.85. The lowest BCUT2D eigenvalue weighted by molar-refractivity contribution is -0.137. The van der Waals surface area contributed by atoms with E-state index in [1.54, 1.807) is 6.07 Å². The molecular formula is C11H13Cl2NO3. The van der Waals surface area contributed by atoms with Gasteiger partial charge in [0.1, 0.15) is 5.75 Å². The summed E-state index contributed by atoms with van der Waals surface area (Å²) < 4.78 is 0. The van der Waals surface area contributed by atoms with Crippen molar-refractivity contribution in [1.29, 1.82) is 0 Å². The summed E-state index contributed by atoms with van der Waals surface area (Å²) in [6, 6.07) is 3.08. The number of halogens is 2. The highest BCUT2D eigenvalue weighted by Gasteiger charge is 2.07. The molecule has 0 radical (unpaired) electrons. The van der Waals surface area contributed by atoms with Gasteiger partial charge in [0.05, 0.1) is 5.02 Å². The maximum Gasteiger partial charge on any atom is 0.303 e. The summed E-state index contributed by atoms with van der Waals surface area (Å²) in [7, 11) is 0. The van der Waals surface area contributed by atoms with Crippen LogP contribution in [-0.4, -0.2) is 22.7 Å². The second kappa shape index (κ2) is 6.69. The van der Waals surface area contributed by atoms with Crippen LogP contribution in [0.5, 0.6) is 5.75 Å². The Kier molecular flexibility index (Phi) is 5.55. The predicted octanol–water partition coefficient (Wildman–Crippen LogP) is 2.65. The molecule has 3 N–H and O–H groups in total. The van der Waals surface area contributed by atoms with Crippen molar-refractivity contribution < 1.29 is 15.0 Å². The van der Waals surface area contributed by atoms with Crippen LogP contribution < -0.4 is 5.32 Å². The van der Waals surface area contributed by atoms with E-state index in [1.165, 1.54) is 6.07 Å². The minimum absolute atomic E-state index is 0.00167. The van der Waals surface area contributed by atoms with Crippen LogP contribution in [0.4, 0.5) is 0 Å². The van der Waals surface area contributed by atoms with Crippen molar-refractivity contribution in [3.63, 3.8) is 0 Å². The van der Waals surface area contributed by atoms with E-state index >= 15 is 0 Å². The van der Waals surface area contributed by atoms with Crippen molar-refractivity contribution >= 4 is 29.2 Å². The predicted molar refractivity (Wildman–Crippen MR) is 66.7 cm³/mol. The zero-order chi connectivity index (χ0) is 12.8. The average molecular weight is 278 g/mol. The van der Waals surface area contributed by atoms with Gasteiger partial charge in [-0.15, -0.1) is 0 Å². The lowest BCUT2D eigenvalue weighted by Gasteiger charge is -2.08. The Labute approximate surface area is 109 Å². The zero-order valence-electron chi connectivity index (χ0n) is 9.04. The summed E-state index contributed by atoms with van der Waals surface area (Å²) in [5.74, 6) is -0.817. The number of aromatic hydroxyl groups is 1. The molecule has 0 aliphatic rings. The number of phenols is 1. The molecule has 1 aromatic carbocycles. The Bertz CT molecular complexity index is 410. The average Bonchev–Trinajstić information content (AvgIpc) is 2.23. The molecule has 0 saturated carbocycles. The molecule has 0 spiro atoms. The minimum atomic E-state index is -0.819. The highest BCUT2D eigenvalue weighted by atomic mass is 35.5. The lowest BCUT2D eigenvalue weighted by atomic mass is 10.2. The van der Waals surface area contributed by atoms with E-state index < -0.39 is 5.97 Å². The maximum atomic E-state index is 10.3. The second-order valence-electron chi connectivity index (χ2n) is 3.57. The van der Waals surface area contributed by atoms with Crippen LogP contribution >= 0.6 is 23.2 Å². The molecule has 0 heterocycles. The Balaban J connectivity index is 2.44. The first-order chi connectivity index (χ1) is 8.00. The SMILES string of the molecule is O=C(O)CCCNCc1cc(Cl)cc(Cl)c1O. The molecule has 0 aromatic heterocycles. The van der Waals surface area contributed by atoms with Gasteiger partial charge in [-0.25, -0.2) is 0 Å². The summed E-state index contributed by atoms with van der Waals surface area (Å²) >= 11 is 11.6. The van der Waals surface area contributed by atoms with Crippen LogP contribution in [0.1, 0.15) is 18.4 Å². The van der Waals surface area contributed by atoms with Gasteiger partial charge in [0.2, 0.25) is 0 Å². The number of rotatable bonds is 6. The first kappa shape index (κ1) is 14.1. The van der Waals surface area contributed by atoms with E-state index in [9.17, 15) is 9.90 Å². The first-order valence-electron chi connectivity index (χ1n) is 5.10. The fraction of sp³-hybridized carbons (Fsp3) is 0.364. The summed E-state index contributed by atoms with van der Waals surface area (Å²) in [4.78, 5) is 10.3. The van der Waals surface area contributed by atoms with E-state index in [4.69, 9.17) is 28.3 Å². The van der Waals surface area contributed by atoms with E-state index in [2.05, 4.69) is 5.32 Å². The van der Waals surface area contributed by atoms with Crippen LogP contribution in [0.2, 0.25) is 10.0 Å². The van der Waals surface area contributed by atoms with Crippen molar-refractivity contribution in [2.75, 3.05) is 6.54 Å². The highest BCUT2D eigenvalue weighted by molar-refractivity contribution is 6.35. The largest absolute Gasteiger partial charge is 0.506 e. The van der Waals surface area contributed by atoms with Gasteiger partial charge in [0.25, 0.3) is 0 Å². The van der Waals surface area contributed by atoms with Gasteiger partial charge in [-0.05, 0) is 25.1 Å². The molecule has 94 valence electrons. The smallest absolute Gasteiger partial charge is 0.303 e. The number of carbonyl (C=O) groups is 1. The topological polar surface area (TPSA) is 69.6 Å². The van der Waals surface area contributed by atoms with E-state index in [0.29, 0.717) is 30.1 Å². The van der Waals surface area contributed by atoms with Crippen LogP contribution in [0.15, 0.2) is 12.1 Å². The molecule has 0 bridgehead atoms. The Morgan fingerprint density at radius 2 is 2.06 bits per heavy atom. The molecular weight excluding hydrogens is 265 g/mol. The number of aliphatic carboxylic acids is 1. The fourth-order valence-corrected chi connectivity index (χ4v) is 1.88. The number of nitrogens with one attached hydrogen (secondary N) is 1. The van der Waals surface area contributed by atoms with Gasteiger partial charge >= 0.3 is 5.97 Å². The third-order valence-electron chi connectivity index (χ3n) is 2.17. The summed E-state index contributed by atoms with van der Waals surface area (Å²) in [6.45, 7) is 0.946. The number of hydrogen-bond acceptors (Lipinski definition) is 3. The van der Waals surface area contributed by atoms with Crippen molar-refractivity contribution in [3.8, 4) is 5.75 Å². The van der Waals surface area contributed by atoms with Gasteiger partial charge in [0, 0.05) is 23.6 Å². The molecule has 6 heteroatoms. The molecule has 4 nitrogen and oxygen atoms in total. The van der Waals surface area contributed by atoms with Gasteiger partial charge in [-0.3, -0.25) is 4.79 Å². The second-order valence-corrected chi connectivity index (χ2v) is 4.41. The van der Waals surface area contributed by atoms with Crippen LogP contribution in [0.25, 0.3) is 0 Å². The number of carboxylic acids is 1. The van der Waals surface area contributed by atoms with E-state index in [0.717, 1.165) is 0 Å². The Hall–Kier alpha value is -0.970. The fourth-order valence-electron chi connectivity index (χ4n) is 1.34. The third kappa shape index (κ3) is 4.81. The highest BCUT2D eigenvalue weighted by Crippen LogP contribution is 2.30. The van der Waals surface area contributed by atoms with Crippen molar-refractivity contribution in [3.05, 3.63) is 27.7 Å². The maximum absolute atomic E-state index is 10.3. The van der Waals surface area contributed by atoms with Crippen LogP contribution in [0, 0.1) is 0 Å². The van der Waals surface area contributed by atoms with Gasteiger partial charge in [-0.1, -0.05) is 23.2 Å². The molecule has 0 atom stereocenters. The number of hydrogen-bond donors (Lipinski definition) is 3. The standard InChI is InChI=1S/C11H13Cl2NO3/c12-8-4-7(11(17)9(13)5-8)6-14-3-1-2-10(15)16/h4-5,14,17H,1-3,6H2,(H,15,16). The molecule has 0 unspecified atom stereocenters. The summed E-state index contributed by atoms with van der Waals surface area (Å²) in [5.41, 5.74) is 0.595. The quantitative estimate of drug-likeness (QED) is 0.700. The minimum Gasteiger partial charge on any atom is -0.506 e. The summed E-state index contributed by atoms with van der Waals surface area (Å²) in [5, 5.41) is 21.8. The summed E-state index contributed by atoms with van der Waals surface area (Å²) in [6.07, 6.45) is 0.652. The zero-order valence-corrected chi connectivity index (χ0v) is 10.6. The van der Waals surface area contributed by atoms with Crippen molar-refractivity contribution in [1.82, 2.24) is 5.32 Å².